The lowest BCUT2D eigenvalue weighted by atomic mass is 10.1. The highest BCUT2D eigenvalue weighted by Gasteiger charge is 2.14. The fourth-order valence-electron chi connectivity index (χ4n) is 1.13. The van der Waals surface area contributed by atoms with E-state index >= 15 is 0 Å². The molecule has 0 bridgehead atoms. The summed E-state index contributed by atoms with van der Waals surface area (Å²) in [6.07, 6.45) is 3.84. The Morgan fingerprint density at radius 2 is 2.36 bits per heavy atom. The second-order valence-electron chi connectivity index (χ2n) is 2.67. The highest BCUT2D eigenvalue weighted by molar-refractivity contribution is 5.90. The van der Waals surface area contributed by atoms with Gasteiger partial charge in [-0.1, -0.05) is 5.16 Å². The standard InChI is InChI=1S/C9H7N3O2/c10-9-7(5-13)8(12-14-9)6-2-1-3-11-4-6/h1-5H,10H2. The number of carbonyl (C=O) groups is 1. The van der Waals surface area contributed by atoms with Crippen LogP contribution in [0.4, 0.5) is 5.88 Å². The molecule has 0 aliphatic rings. The van der Waals surface area contributed by atoms with Gasteiger partial charge in [-0.15, -0.1) is 0 Å². The number of nitrogens with two attached hydrogens (primary N) is 1. The Bertz CT molecular complexity index is 450. The minimum Gasteiger partial charge on any atom is -0.367 e. The van der Waals surface area contributed by atoms with Gasteiger partial charge in [0, 0.05) is 18.0 Å². The lowest BCUT2D eigenvalue weighted by molar-refractivity contribution is 0.112. The minimum absolute atomic E-state index is 0.0267. The van der Waals surface area contributed by atoms with Gasteiger partial charge in [0.25, 0.3) is 0 Å². The maximum atomic E-state index is 10.7. The number of nitrogens with zero attached hydrogens (tertiary/aromatic N) is 2. The van der Waals surface area contributed by atoms with Gasteiger partial charge in [-0.05, 0) is 12.1 Å². The smallest absolute Gasteiger partial charge is 0.233 e. The van der Waals surface area contributed by atoms with Crippen LogP contribution in [0, 0.1) is 0 Å². The molecule has 0 atom stereocenters. The highest BCUT2D eigenvalue weighted by atomic mass is 16.5. The topological polar surface area (TPSA) is 82.0 Å². The van der Waals surface area contributed by atoms with Crippen molar-refractivity contribution in [2.24, 2.45) is 0 Å². The maximum Gasteiger partial charge on any atom is 0.233 e. The third-order valence-electron chi connectivity index (χ3n) is 1.81. The van der Waals surface area contributed by atoms with E-state index < -0.39 is 0 Å². The Hall–Kier alpha value is -2.17. The van der Waals surface area contributed by atoms with E-state index in [1.807, 2.05) is 0 Å². The second-order valence-corrected chi connectivity index (χ2v) is 2.67. The Kier molecular flexibility index (Phi) is 1.98. The summed E-state index contributed by atoms with van der Waals surface area (Å²) in [4.78, 5) is 14.6. The van der Waals surface area contributed by atoms with Crippen LogP contribution in [0.5, 0.6) is 0 Å². The van der Waals surface area contributed by atoms with Gasteiger partial charge in [0.15, 0.2) is 6.29 Å². The van der Waals surface area contributed by atoms with Crippen LogP contribution in [-0.2, 0) is 0 Å². The van der Waals surface area contributed by atoms with Crippen LogP contribution in [-0.4, -0.2) is 16.4 Å². The predicted molar refractivity (Wildman–Crippen MR) is 49.5 cm³/mol. The molecule has 0 saturated carbocycles. The molecular weight excluding hydrogens is 182 g/mol. The normalized spacial score (nSPS) is 10.0. The number of rotatable bonds is 2. The summed E-state index contributed by atoms with van der Waals surface area (Å²) in [5.41, 5.74) is 6.80. The molecule has 0 amide bonds. The summed E-state index contributed by atoms with van der Waals surface area (Å²) < 4.78 is 4.71. The zero-order valence-electron chi connectivity index (χ0n) is 7.18. The average molecular weight is 189 g/mol. The molecule has 0 aliphatic heterocycles. The van der Waals surface area contributed by atoms with E-state index in [1.165, 1.54) is 0 Å². The van der Waals surface area contributed by atoms with Crippen LogP contribution in [0.25, 0.3) is 11.3 Å². The van der Waals surface area contributed by atoms with E-state index in [2.05, 4.69) is 10.1 Å². The van der Waals surface area contributed by atoms with Crippen LogP contribution in [0.15, 0.2) is 29.0 Å². The van der Waals surface area contributed by atoms with Crippen molar-refractivity contribution in [3.05, 3.63) is 30.1 Å². The van der Waals surface area contributed by atoms with Crippen molar-refractivity contribution in [3.63, 3.8) is 0 Å². The van der Waals surface area contributed by atoms with Crippen molar-refractivity contribution in [1.82, 2.24) is 10.1 Å². The summed E-state index contributed by atoms with van der Waals surface area (Å²) in [6, 6.07) is 3.52. The monoisotopic (exact) mass is 189 g/mol. The molecule has 0 fully saturated rings. The summed E-state index contributed by atoms with van der Waals surface area (Å²) >= 11 is 0. The Morgan fingerprint density at radius 1 is 1.50 bits per heavy atom. The number of anilines is 1. The number of pyridine rings is 1. The van der Waals surface area contributed by atoms with Gasteiger partial charge in [-0.25, -0.2) is 0 Å². The number of carbonyl (C=O) groups excluding carboxylic acids is 1. The molecule has 0 spiro atoms. The molecule has 0 saturated heterocycles. The SMILES string of the molecule is Nc1onc(-c2cccnc2)c1C=O. The highest BCUT2D eigenvalue weighted by Crippen LogP contribution is 2.24. The van der Waals surface area contributed by atoms with Gasteiger partial charge >= 0.3 is 0 Å². The third kappa shape index (κ3) is 1.24. The van der Waals surface area contributed by atoms with Gasteiger partial charge in [0.05, 0.1) is 0 Å². The van der Waals surface area contributed by atoms with Crippen LogP contribution >= 0.6 is 0 Å². The van der Waals surface area contributed by atoms with Crippen LogP contribution in [0.3, 0.4) is 0 Å². The third-order valence-corrected chi connectivity index (χ3v) is 1.81. The number of hydrogen-bond acceptors (Lipinski definition) is 5. The molecule has 14 heavy (non-hydrogen) atoms. The Morgan fingerprint density at radius 3 is 3.00 bits per heavy atom. The zero-order valence-corrected chi connectivity index (χ0v) is 7.18. The van der Waals surface area contributed by atoms with E-state index in [0.29, 0.717) is 17.5 Å². The first kappa shape index (κ1) is 8.43. The van der Waals surface area contributed by atoms with Crippen molar-refractivity contribution < 1.29 is 9.32 Å². The van der Waals surface area contributed by atoms with Crippen molar-refractivity contribution in [2.45, 2.75) is 0 Å². The molecule has 0 aliphatic carbocycles. The van der Waals surface area contributed by atoms with Gasteiger partial charge < -0.3 is 10.3 Å². The molecular formula is C9H7N3O2. The molecule has 5 heteroatoms. The summed E-state index contributed by atoms with van der Waals surface area (Å²) in [7, 11) is 0. The number of hydrogen-bond donors (Lipinski definition) is 1. The lowest BCUT2D eigenvalue weighted by Gasteiger charge is -1.93. The molecule has 0 aromatic carbocycles. The van der Waals surface area contributed by atoms with Gasteiger partial charge in [-0.3, -0.25) is 9.78 Å². The van der Waals surface area contributed by atoms with E-state index in [9.17, 15) is 4.79 Å². The molecule has 0 radical (unpaired) electrons. The van der Waals surface area contributed by atoms with Crippen molar-refractivity contribution in [3.8, 4) is 11.3 Å². The first-order valence-electron chi connectivity index (χ1n) is 3.93. The Balaban J connectivity index is 2.57. The largest absolute Gasteiger partial charge is 0.367 e. The lowest BCUT2D eigenvalue weighted by Crippen LogP contribution is -1.89. The van der Waals surface area contributed by atoms with Crippen LogP contribution < -0.4 is 5.73 Å². The van der Waals surface area contributed by atoms with Gasteiger partial charge in [0.1, 0.15) is 11.3 Å². The summed E-state index contributed by atoms with van der Waals surface area (Å²) in [5, 5.41) is 3.69. The van der Waals surface area contributed by atoms with Gasteiger partial charge in [0.2, 0.25) is 5.88 Å². The van der Waals surface area contributed by atoms with Crippen molar-refractivity contribution >= 4 is 12.2 Å². The molecule has 2 N–H and O–H groups in total. The van der Waals surface area contributed by atoms with E-state index in [4.69, 9.17) is 10.3 Å². The fraction of sp³-hybridized carbons (Fsp3) is 0. The van der Waals surface area contributed by atoms with E-state index in [1.54, 1.807) is 24.5 Å². The van der Waals surface area contributed by atoms with E-state index in [0.717, 1.165) is 0 Å². The van der Waals surface area contributed by atoms with Gasteiger partial charge in [-0.2, -0.15) is 0 Å². The Labute approximate surface area is 79.5 Å². The molecule has 0 unspecified atom stereocenters. The first-order valence-corrected chi connectivity index (χ1v) is 3.93. The van der Waals surface area contributed by atoms with Crippen LogP contribution in [0.1, 0.15) is 10.4 Å². The number of nitrogen functional groups attached to an aromatic ring is 1. The van der Waals surface area contributed by atoms with E-state index in [-0.39, 0.29) is 11.4 Å². The number of aromatic nitrogens is 2. The molecule has 70 valence electrons. The minimum atomic E-state index is 0.0267. The summed E-state index contributed by atoms with van der Waals surface area (Å²) in [5.74, 6) is 0.0267. The molecule has 2 aromatic heterocycles. The fourth-order valence-corrected chi connectivity index (χ4v) is 1.13. The molecule has 2 heterocycles. The van der Waals surface area contributed by atoms with Crippen molar-refractivity contribution in [2.75, 3.05) is 5.73 Å². The summed E-state index contributed by atoms with van der Waals surface area (Å²) in [6.45, 7) is 0. The quantitative estimate of drug-likeness (QED) is 0.716. The first-order chi connectivity index (χ1) is 6.83. The molecule has 2 aromatic rings. The predicted octanol–water partition coefficient (Wildman–Crippen LogP) is 1.13. The van der Waals surface area contributed by atoms with Crippen molar-refractivity contribution in [1.29, 1.82) is 0 Å². The maximum absolute atomic E-state index is 10.7. The average Bonchev–Trinajstić information content (AvgIpc) is 2.61. The second kappa shape index (κ2) is 3.29. The number of aldehydes is 1. The molecule has 2 rings (SSSR count). The van der Waals surface area contributed by atoms with Crippen LogP contribution in [0.2, 0.25) is 0 Å². The molecule has 5 nitrogen and oxygen atoms in total. The zero-order chi connectivity index (χ0) is 9.97.